The van der Waals surface area contributed by atoms with Crippen molar-refractivity contribution >= 4 is 11.3 Å². The molecule has 0 radical (unpaired) electrons. The molecule has 4 heteroatoms. The predicted molar refractivity (Wildman–Crippen MR) is 133 cm³/mol. The van der Waals surface area contributed by atoms with Gasteiger partial charge in [-0.05, 0) is 62.2 Å². The van der Waals surface area contributed by atoms with E-state index in [1.54, 1.807) is 7.11 Å². The van der Waals surface area contributed by atoms with Crippen molar-refractivity contribution < 1.29 is 14.2 Å². The van der Waals surface area contributed by atoms with Gasteiger partial charge in [0.1, 0.15) is 23.9 Å². The van der Waals surface area contributed by atoms with E-state index in [-0.39, 0.29) is 18.2 Å². The Kier molecular flexibility index (Phi) is 5.06. The first-order valence-electron chi connectivity index (χ1n) is 11.1. The van der Waals surface area contributed by atoms with Gasteiger partial charge in [0, 0.05) is 22.4 Å². The molecule has 4 nitrogen and oxygen atoms in total. The van der Waals surface area contributed by atoms with Crippen molar-refractivity contribution in [1.82, 2.24) is 0 Å². The number of nitrogens with one attached hydrogen (secondary N) is 1. The molecule has 0 spiro atoms. The highest BCUT2D eigenvalue weighted by Gasteiger charge is 2.35. The SMILES string of the molecule is C#CCOc1cccc(C2Oc3cccc(OC)c3-c3ccc4c(c32)C(C)=CC(C)(C)N4)c1. The maximum absolute atomic E-state index is 6.68. The molecule has 2 aliphatic rings. The van der Waals surface area contributed by atoms with E-state index in [0.29, 0.717) is 0 Å². The average molecular weight is 438 g/mol. The maximum Gasteiger partial charge on any atom is 0.150 e. The summed E-state index contributed by atoms with van der Waals surface area (Å²) in [6, 6.07) is 18.2. The molecule has 0 bridgehead atoms. The second-order valence-electron chi connectivity index (χ2n) is 9.02. The Morgan fingerprint density at radius 1 is 1.09 bits per heavy atom. The number of ether oxygens (including phenoxy) is 3. The lowest BCUT2D eigenvalue weighted by molar-refractivity contribution is 0.241. The molecule has 3 aromatic rings. The number of hydrogen-bond acceptors (Lipinski definition) is 4. The Balaban J connectivity index is 1.76. The molecular weight excluding hydrogens is 410 g/mol. The molecule has 0 fully saturated rings. The molecule has 0 aliphatic carbocycles. The van der Waals surface area contributed by atoms with Crippen molar-refractivity contribution in [3.63, 3.8) is 0 Å². The van der Waals surface area contributed by atoms with E-state index in [2.05, 4.69) is 56.3 Å². The molecule has 2 heterocycles. The number of fused-ring (bicyclic) bond motifs is 5. The molecule has 0 amide bonds. The van der Waals surface area contributed by atoms with Gasteiger partial charge in [0.2, 0.25) is 0 Å². The fourth-order valence-electron chi connectivity index (χ4n) is 4.99. The van der Waals surface area contributed by atoms with Crippen molar-refractivity contribution in [1.29, 1.82) is 0 Å². The van der Waals surface area contributed by atoms with Gasteiger partial charge in [0.15, 0.2) is 6.10 Å². The van der Waals surface area contributed by atoms with Gasteiger partial charge in [-0.3, -0.25) is 0 Å². The van der Waals surface area contributed by atoms with Crippen LogP contribution in [0.1, 0.15) is 43.6 Å². The highest BCUT2D eigenvalue weighted by molar-refractivity contribution is 5.91. The smallest absolute Gasteiger partial charge is 0.150 e. The van der Waals surface area contributed by atoms with Crippen LogP contribution in [0.25, 0.3) is 16.7 Å². The molecule has 0 saturated carbocycles. The van der Waals surface area contributed by atoms with Gasteiger partial charge in [-0.1, -0.05) is 36.3 Å². The molecule has 3 aromatic carbocycles. The van der Waals surface area contributed by atoms with Crippen LogP contribution >= 0.6 is 0 Å². The second kappa shape index (κ2) is 7.94. The summed E-state index contributed by atoms with van der Waals surface area (Å²) in [6.45, 7) is 6.75. The molecular formula is C29H27NO3. The zero-order valence-corrected chi connectivity index (χ0v) is 19.4. The van der Waals surface area contributed by atoms with Gasteiger partial charge in [0.05, 0.1) is 18.2 Å². The highest BCUT2D eigenvalue weighted by atomic mass is 16.5. The Morgan fingerprint density at radius 3 is 2.70 bits per heavy atom. The third kappa shape index (κ3) is 3.60. The number of rotatable bonds is 4. The fraction of sp³-hybridized carbons (Fsp3) is 0.241. The third-order valence-electron chi connectivity index (χ3n) is 6.14. The van der Waals surface area contributed by atoms with Crippen molar-refractivity contribution in [2.24, 2.45) is 0 Å². The van der Waals surface area contributed by atoms with E-state index in [1.165, 1.54) is 11.1 Å². The van der Waals surface area contributed by atoms with Crippen molar-refractivity contribution in [3.8, 4) is 40.7 Å². The van der Waals surface area contributed by atoms with E-state index in [9.17, 15) is 0 Å². The number of terminal acetylenes is 1. The average Bonchev–Trinajstić information content (AvgIpc) is 2.80. The van der Waals surface area contributed by atoms with Gasteiger partial charge < -0.3 is 19.5 Å². The first kappa shape index (κ1) is 21.0. The van der Waals surface area contributed by atoms with Crippen molar-refractivity contribution in [2.75, 3.05) is 19.0 Å². The van der Waals surface area contributed by atoms with Crippen LogP contribution in [-0.2, 0) is 0 Å². The number of methoxy groups -OCH3 is 1. The lowest BCUT2D eigenvalue weighted by Gasteiger charge is -2.37. The van der Waals surface area contributed by atoms with Crippen LogP contribution in [-0.4, -0.2) is 19.3 Å². The van der Waals surface area contributed by atoms with E-state index >= 15 is 0 Å². The van der Waals surface area contributed by atoms with Crippen LogP contribution in [0.3, 0.4) is 0 Å². The maximum atomic E-state index is 6.68. The van der Waals surface area contributed by atoms with Gasteiger partial charge >= 0.3 is 0 Å². The predicted octanol–water partition coefficient (Wildman–Crippen LogP) is 6.46. The molecule has 166 valence electrons. The van der Waals surface area contributed by atoms with E-state index in [4.69, 9.17) is 20.6 Å². The van der Waals surface area contributed by atoms with Crippen molar-refractivity contribution in [2.45, 2.75) is 32.4 Å². The number of benzene rings is 3. The lowest BCUT2D eigenvalue weighted by Crippen LogP contribution is -2.32. The van der Waals surface area contributed by atoms with E-state index in [0.717, 1.165) is 45.2 Å². The Hall–Kier alpha value is -3.84. The molecule has 5 rings (SSSR count). The highest BCUT2D eigenvalue weighted by Crippen LogP contribution is 2.53. The normalized spacial score (nSPS) is 17.2. The van der Waals surface area contributed by atoms with E-state index in [1.807, 2.05) is 36.4 Å². The molecule has 2 aliphatic heterocycles. The summed E-state index contributed by atoms with van der Waals surface area (Å²) in [7, 11) is 1.70. The Morgan fingerprint density at radius 2 is 1.91 bits per heavy atom. The number of anilines is 1. The van der Waals surface area contributed by atoms with Crippen LogP contribution in [0.15, 0.2) is 60.7 Å². The molecule has 33 heavy (non-hydrogen) atoms. The Bertz CT molecular complexity index is 1310. The first-order chi connectivity index (χ1) is 15.9. The van der Waals surface area contributed by atoms with Gasteiger partial charge in [-0.2, -0.15) is 0 Å². The topological polar surface area (TPSA) is 39.7 Å². The minimum Gasteiger partial charge on any atom is -0.496 e. The van der Waals surface area contributed by atoms with E-state index < -0.39 is 0 Å². The van der Waals surface area contributed by atoms with Crippen LogP contribution in [0, 0.1) is 12.3 Å². The summed E-state index contributed by atoms with van der Waals surface area (Å²) < 4.78 is 18.1. The van der Waals surface area contributed by atoms with Crippen LogP contribution < -0.4 is 19.5 Å². The molecule has 1 atom stereocenters. The van der Waals surface area contributed by atoms with Gasteiger partial charge in [-0.15, -0.1) is 6.42 Å². The van der Waals surface area contributed by atoms with Gasteiger partial charge in [0.25, 0.3) is 0 Å². The van der Waals surface area contributed by atoms with Crippen molar-refractivity contribution in [3.05, 3.63) is 77.4 Å². The standard InChI is InChI=1S/C29H27NO3/c1-6-15-32-20-10-7-9-19(16-20)28-27-21(26-23(31-5)11-8-12-24(26)33-28)13-14-22-25(27)18(2)17-29(3,4)30-22/h1,7-14,16-17,28,30H,15H2,2-5H3. The molecule has 1 N–H and O–H groups in total. The summed E-state index contributed by atoms with van der Waals surface area (Å²) in [5.41, 5.74) is 7.58. The monoisotopic (exact) mass is 437 g/mol. The minimum absolute atomic E-state index is 0.130. The third-order valence-corrected chi connectivity index (χ3v) is 6.14. The van der Waals surface area contributed by atoms with Crippen LogP contribution in [0.5, 0.6) is 17.2 Å². The van der Waals surface area contributed by atoms with Crippen LogP contribution in [0.2, 0.25) is 0 Å². The number of hydrogen-bond donors (Lipinski definition) is 1. The summed E-state index contributed by atoms with van der Waals surface area (Å²) >= 11 is 0. The molecule has 0 aromatic heterocycles. The summed E-state index contributed by atoms with van der Waals surface area (Å²) in [6.07, 6.45) is 7.35. The fourth-order valence-corrected chi connectivity index (χ4v) is 4.99. The minimum atomic E-state index is -0.310. The number of allylic oxidation sites excluding steroid dienone is 1. The molecule has 0 saturated heterocycles. The second-order valence-corrected chi connectivity index (χ2v) is 9.02. The van der Waals surface area contributed by atoms with Gasteiger partial charge in [-0.25, -0.2) is 0 Å². The zero-order chi connectivity index (χ0) is 23.2. The first-order valence-corrected chi connectivity index (χ1v) is 11.1. The molecule has 1 unspecified atom stereocenters. The lowest BCUT2D eigenvalue weighted by atomic mass is 9.80. The summed E-state index contributed by atoms with van der Waals surface area (Å²) in [5.74, 6) is 4.85. The summed E-state index contributed by atoms with van der Waals surface area (Å²) in [4.78, 5) is 0. The summed E-state index contributed by atoms with van der Waals surface area (Å²) in [5, 5.41) is 3.67. The Labute approximate surface area is 195 Å². The zero-order valence-electron chi connectivity index (χ0n) is 19.4. The quantitative estimate of drug-likeness (QED) is 0.475. The largest absolute Gasteiger partial charge is 0.496 e. The van der Waals surface area contributed by atoms with Crippen LogP contribution in [0.4, 0.5) is 5.69 Å².